The molecule has 1 atom stereocenters. The van der Waals surface area contributed by atoms with Crippen molar-refractivity contribution in [2.24, 2.45) is 5.10 Å². The highest BCUT2D eigenvalue weighted by Gasteiger charge is 2.20. The van der Waals surface area contributed by atoms with Gasteiger partial charge in [0.05, 0.1) is 33.8 Å². The van der Waals surface area contributed by atoms with Crippen molar-refractivity contribution in [3.63, 3.8) is 0 Å². The van der Waals surface area contributed by atoms with Gasteiger partial charge in [0.15, 0.2) is 5.50 Å². The number of para-hydroxylation sites is 1. The van der Waals surface area contributed by atoms with Gasteiger partial charge in [0.2, 0.25) is 0 Å². The molecule has 1 aliphatic rings. The Morgan fingerprint density at radius 1 is 0.907 bits per heavy atom. The lowest BCUT2D eigenvalue weighted by Crippen LogP contribution is -2.31. The Kier molecular flexibility index (Phi) is 7.30. The van der Waals surface area contributed by atoms with Gasteiger partial charge in [0, 0.05) is 28.4 Å². The minimum Gasteiger partial charge on any atom is -0.355 e. The molecule has 4 aromatic carbocycles. The van der Waals surface area contributed by atoms with Crippen LogP contribution < -0.4 is 10.7 Å². The number of pyridine rings is 1. The van der Waals surface area contributed by atoms with Gasteiger partial charge in [-0.25, -0.2) is 13.8 Å². The second-order valence-electron chi connectivity index (χ2n) is 10.1. The van der Waals surface area contributed by atoms with E-state index in [2.05, 4.69) is 32.5 Å². The van der Waals surface area contributed by atoms with Crippen molar-refractivity contribution in [1.29, 1.82) is 0 Å². The summed E-state index contributed by atoms with van der Waals surface area (Å²) in [6.45, 7) is 0.534. The third kappa shape index (κ3) is 5.47. The van der Waals surface area contributed by atoms with E-state index in [0.29, 0.717) is 17.3 Å². The summed E-state index contributed by atoms with van der Waals surface area (Å²) in [6, 6.07) is 30.8. The normalized spacial score (nSPS) is 14.9. The van der Waals surface area contributed by atoms with Gasteiger partial charge >= 0.3 is 0 Å². The SMILES string of the molecule is Fc1ccc(Cn2c3ccccc3c3cc(C=NNC4NC(c5ccc(F)cc5)=CS4)nc(-c4ccccc4Cl)c32)cc1. The van der Waals surface area contributed by atoms with Crippen LogP contribution in [0, 0.1) is 11.6 Å². The van der Waals surface area contributed by atoms with E-state index in [1.54, 1.807) is 30.5 Å². The first kappa shape index (κ1) is 27.2. The maximum Gasteiger partial charge on any atom is 0.165 e. The Hall–Kier alpha value is -4.66. The number of benzene rings is 4. The number of halogens is 3. The van der Waals surface area contributed by atoms with Crippen LogP contribution >= 0.6 is 23.4 Å². The summed E-state index contributed by atoms with van der Waals surface area (Å²) in [6.07, 6.45) is 1.70. The molecule has 3 heterocycles. The fourth-order valence-electron chi connectivity index (χ4n) is 5.30. The highest BCUT2D eigenvalue weighted by molar-refractivity contribution is 8.03. The molecule has 0 amide bonds. The van der Waals surface area contributed by atoms with Crippen molar-refractivity contribution in [1.82, 2.24) is 20.3 Å². The molecule has 0 radical (unpaired) electrons. The van der Waals surface area contributed by atoms with E-state index < -0.39 is 0 Å². The van der Waals surface area contributed by atoms with Gasteiger partial charge in [-0.05, 0) is 71.1 Å². The third-order valence-electron chi connectivity index (χ3n) is 7.30. The van der Waals surface area contributed by atoms with E-state index in [4.69, 9.17) is 16.6 Å². The average Bonchev–Trinajstić information content (AvgIpc) is 3.62. The molecular weight excluding hydrogens is 584 g/mol. The summed E-state index contributed by atoms with van der Waals surface area (Å²) in [5.74, 6) is -0.538. The Morgan fingerprint density at radius 3 is 2.42 bits per heavy atom. The fourth-order valence-corrected chi connectivity index (χ4v) is 6.32. The van der Waals surface area contributed by atoms with E-state index in [1.807, 2.05) is 47.9 Å². The Bertz CT molecular complexity index is 2020. The van der Waals surface area contributed by atoms with Gasteiger partial charge in [0.1, 0.15) is 11.6 Å². The lowest BCUT2D eigenvalue weighted by Gasteiger charge is -2.13. The zero-order valence-electron chi connectivity index (χ0n) is 22.6. The number of fused-ring (bicyclic) bond motifs is 3. The van der Waals surface area contributed by atoms with Gasteiger partial charge in [-0.2, -0.15) is 5.10 Å². The zero-order valence-corrected chi connectivity index (χ0v) is 24.2. The predicted molar refractivity (Wildman–Crippen MR) is 173 cm³/mol. The standard InChI is InChI=1S/C34H24ClF2N5S/c35-29-7-3-1-6-27(29)32-33-28(26-5-2-4-8-31(26)42(33)19-21-9-13-23(36)14-10-21)17-25(39-32)18-38-41-34-40-30(20-43-34)22-11-15-24(37)16-12-22/h1-18,20,34,40-41H,19H2. The minimum atomic E-state index is -0.270. The van der Waals surface area contributed by atoms with Crippen molar-refractivity contribution in [2.75, 3.05) is 0 Å². The Labute approximate surface area is 255 Å². The van der Waals surface area contributed by atoms with Gasteiger partial charge in [0.25, 0.3) is 0 Å². The molecule has 2 N–H and O–H groups in total. The van der Waals surface area contributed by atoms with Crippen LogP contribution in [0.15, 0.2) is 114 Å². The molecule has 0 bridgehead atoms. The Balaban J connectivity index is 1.26. The molecular formula is C34H24ClF2N5S. The van der Waals surface area contributed by atoms with Gasteiger partial charge < -0.3 is 9.88 Å². The van der Waals surface area contributed by atoms with E-state index in [0.717, 1.165) is 49.9 Å². The van der Waals surface area contributed by atoms with Gasteiger partial charge in [-0.3, -0.25) is 5.43 Å². The first-order valence-corrected chi connectivity index (χ1v) is 14.9. The molecule has 1 unspecified atom stereocenters. The summed E-state index contributed by atoms with van der Waals surface area (Å²) in [5, 5.41) is 12.5. The maximum atomic E-state index is 13.7. The molecule has 0 aliphatic carbocycles. The van der Waals surface area contributed by atoms with Crippen LogP contribution in [-0.2, 0) is 6.54 Å². The molecule has 2 aromatic heterocycles. The van der Waals surface area contributed by atoms with E-state index in [-0.39, 0.29) is 17.1 Å². The van der Waals surface area contributed by atoms with Crippen molar-refractivity contribution in [3.8, 4) is 11.3 Å². The molecule has 0 saturated carbocycles. The summed E-state index contributed by atoms with van der Waals surface area (Å²) in [4.78, 5) is 5.05. The van der Waals surface area contributed by atoms with Crippen LogP contribution in [0.3, 0.4) is 0 Å². The fraction of sp³-hybridized carbons (Fsp3) is 0.0588. The molecule has 6 aromatic rings. The topological polar surface area (TPSA) is 54.2 Å². The van der Waals surface area contributed by atoms with Gasteiger partial charge in [-0.15, -0.1) is 0 Å². The van der Waals surface area contributed by atoms with Crippen LogP contribution in [0.4, 0.5) is 8.78 Å². The number of hydrazone groups is 1. The zero-order chi connectivity index (χ0) is 29.3. The molecule has 7 rings (SSSR count). The van der Waals surface area contributed by atoms with E-state index in [9.17, 15) is 8.78 Å². The van der Waals surface area contributed by atoms with Crippen molar-refractivity contribution in [3.05, 3.63) is 142 Å². The van der Waals surface area contributed by atoms with Crippen LogP contribution in [0.2, 0.25) is 5.02 Å². The molecule has 1 aliphatic heterocycles. The summed E-state index contributed by atoms with van der Waals surface area (Å²) in [7, 11) is 0. The monoisotopic (exact) mass is 607 g/mol. The van der Waals surface area contributed by atoms with Crippen LogP contribution in [-0.4, -0.2) is 21.3 Å². The quantitative estimate of drug-likeness (QED) is 0.141. The second-order valence-corrected chi connectivity index (χ2v) is 11.5. The number of nitrogens with one attached hydrogen (secondary N) is 2. The van der Waals surface area contributed by atoms with E-state index in [1.165, 1.54) is 36.0 Å². The first-order chi connectivity index (χ1) is 21.0. The van der Waals surface area contributed by atoms with Crippen molar-refractivity contribution < 1.29 is 8.78 Å². The number of thioether (sulfide) groups is 1. The largest absolute Gasteiger partial charge is 0.355 e. The summed E-state index contributed by atoms with van der Waals surface area (Å²) in [5.41, 5.74) is 9.88. The second kappa shape index (κ2) is 11.6. The maximum absolute atomic E-state index is 13.7. The van der Waals surface area contributed by atoms with Crippen molar-refractivity contribution in [2.45, 2.75) is 12.0 Å². The first-order valence-electron chi connectivity index (χ1n) is 13.6. The third-order valence-corrected chi connectivity index (χ3v) is 8.50. The average molecular weight is 608 g/mol. The van der Waals surface area contributed by atoms with Crippen molar-refractivity contribution >= 4 is 57.1 Å². The lowest BCUT2D eigenvalue weighted by atomic mass is 10.1. The highest BCUT2D eigenvalue weighted by Crippen LogP contribution is 2.38. The smallest absolute Gasteiger partial charge is 0.165 e. The number of aromatic nitrogens is 2. The predicted octanol–water partition coefficient (Wildman–Crippen LogP) is 8.38. The molecule has 5 nitrogen and oxygen atoms in total. The van der Waals surface area contributed by atoms with Crippen LogP contribution in [0.25, 0.3) is 38.8 Å². The molecule has 9 heteroatoms. The van der Waals surface area contributed by atoms with Crippen LogP contribution in [0.1, 0.15) is 16.8 Å². The number of rotatable bonds is 7. The molecule has 0 saturated heterocycles. The van der Waals surface area contributed by atoms with Gasteiger partial charge in [-0.1, -0.05) is 71.9 Å². The number of hydrogen-bond acceptors (Lipinski definition) is 5. The van der Waals surface area contributed by atoms with Crippen LogP contribution in [0.5, 0.6) is 0 Å². The number of hydrogen-bond donors (Lipinski definition) is 2. The molecule has 43 heavy (non-hydrogen) atoms. The molecule has 0 fully saturated rings. The molecule has 0 spiro atoms. The highest BCUT2D eigenvalue weighted by atomic mass is 35.5. The number of nitrogens with zero attached hydrogens (tertiary/aromatic N) is 3. The van der Waals surface area contributed by atoms with E-state index >= 15 is 0 Å². The summed E-state index contributed by atoms with van der Waals surface area (Å²) < 4.78 is 29.2. The minimum absolute atomic E-state index is 0.194. The summed E-state index contributed by atoms with van der Waals surface area (Å²) >= 11 is 8.27. The lowest BCUT2D eigenvalue weighted by molar-refractivity contribution is 0.626. The Morgan fingerprint density at radius 2 is 1.63 bits per heavy atom. The molecule has 212 valence electrons.